The first kappa shape index (κ1) is 8.96. The third-order valence-electron chi connectivity index (χ3n) is 4.06. The lowest BCUT2D eigenvalue weighted by atomic mass is 9.69. The summed E-state index contributed by atoms with van der Waals surface area (Å²) in [4.78, 5) is 14.4. The van der Waals surface area contributed by atoms with Crippen molar-refractivity contribution in [3.05, 3.63) is 0 Å². The predicted octanol–water partition coefficient (Wildman–Crippen LogP) is 2.83. The molecule has 0 aromatic rings. The van der Waals surface area contributed by atoms with E-state index in [0.29, 0.717) is 5.41 Å². The van der Waals surface area contributed by atoms with Gasteiger partial charge in [0, 0.05) is 0 Å². The summed E-state index contributed by atoms with van der Waals surface area (Å²) < 4.78 is 0. The minimum atomic E-state index is 0.00910. The summed E-state index contributed by atoms with van der Waals surface area (Å²) in [5.41, 5.74) is 0.317. The van der Waals surface area contributed by atoms with Crippen LogP contribution in [0.4, 0.5) is 0 Å². The predicted molar refractivity (Wildman–Crippen MR) is 51.3 cm³/mol. The van der Waals surface area contributed by atoms with E-state index < -0.39 is 0 Å². The Bertz CT molecular complexity index is 243. The quantitative estimate of drug-likeness (QED) is 0.473. The molecule has 0 aromatic heterocycles. The molecule has 0 aromatic carbocycles. The monoisotopic (exact) mass is 179 g/mol. The molecule has 0 N–H and O–H groups in total. The van der Waals surface area contributed by atoms with E-state index in [1.807, 2.05) is 0 Å². The first-order chi connectivity index (χ1) is 6.22. The molecule has 0 atom stereocenters. The smallest absolute Gasteiger partial charge is 0.211 e. The highest BCUT2D eigenvalue weighted by atomic mass is 16.1. The molecule has 2 nitrogen and oxygen atoms in total. The average Bonchev–Trinajstić information content (AvgIpc) is 2.88. The molecular formula is C11H17NO. The van der Waals surface area contributed by atoms with Gasteiger partial charge in [0.1, 0.15) is 0 Å². The molecule has 0 bridgehead atoms. The summed E-state index contributed by atoms with van der Waals surface area (Å²) in [6, 6.07) is 0. The van der Waals surface area contributed by atoms with Crippen LogP contribution < -0.4 is 0 Å². The molecule has 0 saturated heterocycles. The summed E-state index contributed by atoms with van der Waals surface area (Å²) in [7, 11) is 0. The topological polar surface area (TPSA) is 29.4 Å². The Hall–Kier alpha value is -0.620. The number of rotatable bonds is 2. The van der Waals surface area contributed by atoms with Crippen LogP contribution in [0.15, 0.2) is 4.99 Å². The molecule has 0 amide bonds. The van der Waals surface area contributed by atoms with E-state index in [0.717, 1.165) is 12.8 Å². The van der Waals surface area contributed by atoms with Crippen LogP contribution in [0.25, 0.3) is 0 Å². The van der Waals surface area contributed by atoms with E-state index >= 15 is 0 Å². The number of aliphatic imine (C=N–C) groups is 1. The van der Waals surface area contributed by atoms with E-state index in [1.165, 1.54) is 32.1 Å². The first-order valence-electron chi connectivity index (χ1n) is 5.32. The number of nitrogens with zero attached hydrogens (tertiary/aromatic N) is 1. The van der Waals surface area contributed by atoms with Gasteiger partial charge >= 0.3 is 0 Å². The molecule has 2 saturated carbocycles. The molecule has 2 aliphatic carbocycles. The summed E-state index contributed by atoms with van der Waals surface area (Å²) in [6.45, 7) is 2.31. The Morgan fingerprint density at radius 3 is 2.15 bits per heavy atom. The Labute approximate surface area is 79.4 Å². The zero-order chi connectivity index (χ0) is 9.36. The van der Waals surface area contributed by atoms with Gasteiger partial charge in [-0.15, -0.1) is 0 Å². The normalized spacial score (nSPS) is 29.0. The third kappa shape index (κ3) is 1.34. The molecule has 0 spiro atoms. The van der Waals surface area contributed by atoms with E-state index in [-0.39, 0.29) is 5.54 Å². The summed E-state index contributed by atoms with van der Waals surface area (Å²) >= 11 is 0. The maximum Gasteiger partial charge on any atom is 0.235 e. The van der Waals surface area contributed by atoms with Crippen molar-refractivity contribution in [1.29, 1.82) is 0 Å². The maximum absolute atomic E-state index is 10.4. The van der Waals surface area contributed by atoms with Crippen molar-refractivity contribution >= 4 is 6.08 Å². The third-order valence-corrected chi connectivity index (χ3v) is 4.06. The minimum absolute atomic E-state index is 0.00910. The van der Waals surface area contributed by atoms with Crippen molar-refractivity contribution in [2.75, 3.05) is 0 Å². The highest BCUT2D eigenvalue weighted by Crippen LogP contribution is 2.59. The number of isocyanates is 1. The Morgan fingerprint density at radius 1 is 1.08 bits per heavy atom. The van der Waals surface area contributed by atoms with Crippen LogP contribution in [-0.4, -0.2) is 11.6 Å². The largest absolute Gasteiger partial charge is 0.235 e. The van der Waals surface area contributed by atoms with Crippen molar-refractivity contribution in [1.82, 2.24) is 0 Å². The van der Waals surface area contributed by atoms with Crippen LogP contribution in [0, 0.1) is 5.41 Å². The second-order valence-electron chi connectivity index (χ2n) is 4.86. The van der Waals surface area contributed by atoms with Gasteiger partial charge in [0.15, 0.2) is 0 Å². The molecular weight excluding hydrogens is 162 g/mol. The van der Waals surface area contributed by atoms with Crippen molar-refractivity contribution in [3.63, 3.8) is 0 Å². The van der Waals surface area contributed by atoms with E-state index in [2.05, 4.69) is 11.9 Å². The van der Waals surface area contributed by atoms with Crippen LogP contribution in [0.3, 0.4) is 0 Å². The average molecular weight is 179 g/mol. The van der Waals surface area contributed by atoms with Crippen molar-refractivity contribution < 1.29 is 4.79 Å². The van der Waals surface area contributed by atoms with E-state index in [9.17, 15) is 4.79 Å². The molecule has 0 unspecified atom stereocenters. The SMILES string of the molecule is CC1(C2(N=C=O)CC2)CCCCC1. The number of hydrogen-bond donors (Lipinski definition) is 0. The lowest BCUT2D eigenvalue weighted by Gasteiger charge is -2.38. The molecule has 13 heavy (non-hydrogen) atoms. The number of carbonyl (C=O) groups excluding carboxylic acids is 1. The van der Waals surface area contributed by atoms with Gasteiger partial charge in [-0.25, -0.2) is 4.79 Å². The van der Waals surface area contributed by atoms with Gasteiger partial charge in [0.25, 0.3) is 0 Å². The minimum Gasteiger partial charge on any atom is -0.211 e. The maximum atomic E-state index is 10.4. The second kappa shape index (κ2) is 2.95. The zero-order valence-corrected chi connectivity index (χ0v) is 8.31. The van der Waals surface area contributed by atoms with Gasteiger partial charge in [0.05, 0.1) is 5.54 Å². The summed E-state index contributed by atoms with van der Waals surface area (Å²) in [5.74, 6) is 0. The molecule has 0 heterocycles. The van der Waals surface area contributed by atoms with Gasteiger partial charge in [-0.3, -0.25) is 0 Å². The van der Waals surface area contributed by atoms with Crippen molar-refractivity contribution in [3.8, 4) is 0 Å². The highest BCUT2D eigenvalue weighted by Gasteiger charge is 2.57. The lowest BCUT2D eigenvalue weighted by Crippen LogP contribution is -2.34. The Kier molecular flexibility index (Phi) is 2.03. The Morgan fingerprint density at radius 2 is 1.69 bits per heavy atom. The summed E-state index contributed by atoms with van der Waals surface area (Å²) in [6.07, 6.45) is 10.5. The number of hydrogen-bond acceptors (Lipinski definition) is 2. The van der Waals surface area contributed by atoms with Crippen LogP contribution in [0.5, 0.6) is 0 Å². The molecule has 2 rings (SSSR count). The fourth-order valence-corrected chi connectivity index (χ4v) is 2.85. The van der Waals surface area contributed by atoms with Crippen LogP contribution in [0.1, 0.15) is 51.9 Å². The lowest BCUT2D eigenvalue weighted by molar-refractivity contribution is 0.156. The zero-order valence-electron chi connectivity index (χ0n) is 8.31. The molecule has 2 heteroatoms. The van der Waals surface area contributed by atoms with Gasteiger partial charge in [-0.2, -0.15) is 4.99 Å². The van der Waals surface area contributed by atoms with Gasteiger partial charge in [-0.05, 0) is 31.1 Å². The fourth-order valence-electron chi connectivity index (χ4n) is 2.85. The van der Waals surface area contributed by atoms with Crippen LogP contribution >= 0.6 is 0 Å². The first-order valence-corrected chi connectivity index (χ1v) is 5.32. The fraction of sp³-hybridized carbons (Fsp3) is 0.909. The van der Waals surface area contributed by atoms with Crippen molar-refractivity contribution in [2.24, 2.45) is 10.4 Å². The van der Waals surface area contributed by atoms with Crippen molar-refractivity contribution in [2.45, 2.75) is 57.4 Å². The van der Waals surface area contributed by atoms with Crippen LogP contribution in [0.2, 0.25) is 0 Å². The second-order valence-corrected chi connectivity index (χ2v) is 4.86. The standard InChI is InChI=1S/C11H17NO/c1-10(5-3-2-4-6-10)11(7-8-11)12-9-13/h2-8H2,1H3. The van der Waals surface area contributed by atoms with Gasteiger partial charge in [0.2, 0.25) is 6.08 Å². The molecule has 2 fully saturated rings. The van der Waals surface area contributed by atoms with Crippen LogP contribution in [-0.2, 0) is 4.79 Å². The molecule has 2 aliphatic rings. The Balaban J connectivity index is 2.17. The molecule has 0 radical (unpaired) electrons. The highest BCUT2D eigenvalue weighted by molar-refractivity contribution is 5.37. The summed E-state index contributed by atoms with van der Waals surface area (Å²) in [5, 5.41) is 0. The molecule has 0 aliphatic heterocycles. The molecule has 72 valence electrons. The van der Waals surface area contributed by atoms with Gasteiger partial charge in [-0.1, -0.05) is 26.2 Å². The van der Waals surface area contributed by atoms with E-state index in [4.69, 9.17) is 0 Å². The van der Waals surface area contributed by atoms with E-state index in [1.54, 1.807) is 6.08 Å². The van der Waals surface area contributed by atoms with Gasteiger partial charge < -0.3 is 0 Å².